The topological polar surface area (TPSA) is 102 Å². The van der Waals surface area contributed by atoms with Crippen molar-refractivity contribution < 1.29 is 41.7 Å². The molecule has 0 bridgehead atoms. The van der Waals surface area contributed by atoms with Gasteiger partial charge in [-0.25, -0.2) is 14.1 Å². The van der Waals surface area contributed by atoms with Crippen LogP contribution in [-0.2, 0) is 15.9 Å². The van der Waals surface area contributed by atoms with Crippen molar-refractivity contribution in [1.82, 2.24) is 15.0 Å². The molecule has 1 aliphatic rings. The van der Waals surface area contributed by atoms with E-state index < -0.39 is 46.9 Å². The first-order valence-electron chi connectivity index (χ1n) is 13.1. The smallest absolute Gasteiger partial charge is 0.424 e. The van der Waals surface area contributed by atoms with Crippen molar-refractivity contribution in [2.45, 2.75) is 76.1 Å². The van der Waals surface area contributed by atoms with Gasteiger partial charge in [0.1, 0.15) is 13.2 Å². The average molecular weight is 638 g/mol. The number of aromatic nitrogens is 1. The third-order valence-electron chi connectivity index (χ3n) is 6.08. The van der Waals surface area contributed by atoms with E-state index in [1.165, 1.54) is 24.1 Å². The maximum absolute atomic E-state index is 14.6. The summed E-state index contributed by atoms with van der Waals surface area (Å²) in [5.74, 6) is -2.00. The first kappa shape index (κ1) is 34.2. The maximum atomic E-state index is 14.6. The predicted octanol–water partition coefficient (Wildman–Crippen LogP) is 5.89. The molecule has 8 nitrogen and oxygen atoms in total. The van der Waals surface area contributed by atoms with Crippen LogP contribution in [0.2, 0.25) is 5.15 Å². The Bertz CT molecular complexity index is 1300. The number of benzene rings is 1. The fourth-order valence-electron chi connectivity index (χ4n) is 3.81. The molecule has 0 fully saturated rings. The molecule has 0 saturated carbocycles. The molecule has 1 amide bonds. The Kier molecular flexibility index (Phi) is 10.0. The first-order valence-corrected chi connectivity index (χ1v) is 14.3. The second-order valence-corrected chi connectivity index (χ2v) is 14.1. The van der Waals surface area contributed by atoms with Crippen LogP contribution < -0.4 is 19.5 Å². The van der Waals surface area contributed by atoms with E-state index in [0.717, 1.165) is 12.1 Å². The SMILES string of the molecule is CC(C)(C)OCCOc1ccc(C(=O)NCC(O)(c2cc3c(c(Cl)n2)OCC3(C)NSC(C)(C)C)C(F)(F)F)cc1F. The molecule has 1 aliphatic heterocycles. The first-order chi connectivity index (χ1) is 19.2. The second-order valence-electron chi connectivity index (χ2n) is 12.1. The number of carbonyl (C=O) groups is 1. The van der Waals surface area contributed by atoms with Crippen LogP contribution in [-0.4, -0.2) is 58.9 Å². The lowest BCUT2D eigenvalue weighted by molar-refractivity contribution is -0.265. The van der Waals surface area contributed by atoms with Crippen LogP contribution in [0.4, 0.5) is 17.6 Å². The van der Waals surface area contributed by atoms with Crippen LogP contribution in [0.15, 0.2) is 24.3 Å². The van der Waals surface area contributed by atoms with Gasteiger partial charge >= 0.3 is 6.18 Å². The van der Waals surface area contributed by atoms with Gasteiger partial charge in [-0.15, -0.1) is 0 Å². The zero-order chi connectivity index (χ0) is 31.7. The monoisotopic (exact) mass is 637 g/mol. The summed E-state index contributed by atoms with van der Waals surface area (Å²) in [5, 5.41) is 12.6. The molecular weight excluding hydrogens is 602 g/mol. The number of halogens is 5. The number of nitrogens with zero attached hydrogens (tertiary/aromatic N) is 1. The van der Waals surface area contributed by atoms with Crippen molar-refractivity contribution in [3.8, 4) is 11.5 Å². The fraction of sp³-hybridized carbons (Fsp3) is 0.571. The summed E-state index contributed by atoms with van der Waals surface area (Å²) in [4.78, 5) is 16.5. The lowest BCUT2D eigenvalue weighted by Crippen LogP contribution is -2.51. The molecule has 234 valence electrons. The van der Waals surface area contributed by atoms with Crippen molar-refractivity contribution in [2.24, 2.45) is 0 Å². The summed E-state index contributed by atoms with van der Waals surface area (Å²) < 4.78 is 77.0. The Hall–Kier alpha value is -2.32. The number of fused-ring (bicyclic) bond motifs is 1. The van der Waals surface area contributed by atoms with Gasteiger partial charge < -0.3 is 24.6 Å². The van der Waals surface area contributed by atoms with E-state index >= 15 is 0 Å². The van der Waals surface area contributed by atoms with E-state index in [1.807, 2.05) is 46.9 Å². The molecule has 0 spiro atoms. The Morgan fingerprint density at radius 1 is 1.17 bits per heavy atom. The number of ether oxygens (including phenoxy) is 3. The van der Waals surface area contributed by atoms with Crippen LogP contribution in [0, 0.1) is 5.82 Å². The van der Waals surface area contributed by atoms with Crippen molar-refractivity contribution in [1.29, 1.82) is 0 Å². The van der Waals surface area contributed by atoms with Gasteiger partial charge in [-0.1, -0.05) is 23.5 Å². The van der Waals surface area contributed by atoms with Crippen LogP contribution >= 0.6 is 23.5 Å². The second kappa shape index (κ2) is 12.4. The molecule has 2 unspecified atom stereocenters. The van der Waals surface area contributed by atoms with Gasteiger partial charge in [0.15, 0.2) is 22.5 Å². The molecule has 2 aromatic rings. The van der Waals surface area contributed by atoms with Gasteiger partial charge in [0.25, 0.3) is 5.91 Å². The molecule has 1 aromatic carbocycles. The van der Waals surface area contributed by atoms with Crippen molar-refractivity contribution in [3.05, 3.63) is 52.1 Å². The number of pyridine rings is 1. The lowest BCUT2D eigenvalue weighted by atomic mass is 9.91. The Balaban J connectivity index is 1.80. The number of alkyl halides is 3. The largest absolute Gasteiger partial charge is 0.488 e. The molecular formula is C28H36ClF4N3O5S. The van der Waals surface area contributed by atoms with Gasteiger partial charge in [0.05, 0.1) is 30.0 Å². The number of carbonyl (C=O) groups excluding carboxylic acids is 1. The highest BCUT2D eigenvalue weighted by Gasteiger charge is 2.57. The molecule has 14 heteroatoms. The van der Waals surface area contributed by atoms with Crippen LogP contribution in [0.5, 0.6) is 11.5 Å². The van der Waals surface area contributed by atoms with E-state index in [-0.39, 0.29) is 52.3 Å². The number of rotatable bonds is 10. The third kappa shape index (κ3) is 8.19. The summed E-state index contributed by atoms with van der Waals surface area (Å²) in [6, 6.07) is 4.27. The zero-order valence-corrected chi connectivity index (χ0v) is 26.0. The molecule has 0 radical (unpaired) electrons. The molecule has 3 rings (SSSR count). The van der Waals surface area contributed by atoms with Crippen LogP contribution in [0.25, 0.3) is 0 Å². The minimum Gasteiger partial charge on any atom is -0.488 e. The van der Waals surface area contributed by atoms with Crippen molar-refractivity contribution in [3.63, 3.8) is 0 Å². The highest BCUT2D eigenvalue weighted by molar-refractivity contribution is 7.98. The van der Waals surface area contributed by atoms with Gasteiger partial charge in [-0.05, 0) is 72.7 Å². The van der Waals surface area contributed by atoms with Gasteiger partial charge in [-0.3, -0.25) is 4.79 Å². The molecule has 0 aliphatic carbocycles. The fourth-order valence-corrected chi connectivity index (χ4v) is 4.76. The summed E-state index contributed by atoms with van der Waals surface area (Å²) in [5.41, 5.74) is -5.82. The number of nitrogens with one attached hydrogen (secondary N) is 2. The standard InChI is InChI=1S/C28H36ClF4N3O5S/c1-24(2,3)41-11-10-39-19-9-8-16(12-18(19)30)23(37)34-14-27(38,28(31,32)33)20-13-17-21(22(29)35-20)40-15-26(17,7)36-42-25(4,5)6/h8-9,12-13,36,38H,10-11,14-15H2,1-7H3,(H,34,37). The van der Waals surface area contributed by atoms with E-state index in [4.69, 9.17) is 25.8 Å². The molecule has 2 heterocycles. The highest BCUT2D eigenvalue weighted by Crippen LogP contribution is 2.46. The molecule has 2 atom stereocenters. The molecule has 1 aromatic heterocycles. The number of amides is 1. The number of aliphatic hydroxyl groups is 1. The number of hydrogen-bond acceptors (Lipinski definition) is 8. The predicted molar refractivity (Wildman–Crippen MR) is 152 cm³/mol. The lowest BCUT2D eigenvalue weighted by Gasteiger charge is -2.32. The Morgan fingerprint density at radius 3 is 2.40 bits per heavy atom. The van der Waals surface area contributed by atoms with Gasteiger partial charge in [0, 0.05) is 15.9 Å². The van der Waals surface area contributed by atoms with Gasteiger partial charge in [-0.2, -0.15) is 13.2 Å². The van der Waals surface area contributed by atoms with Crippen LogP contribution in [0.1, 0.15) is 70.1 Å². The average Bonchev–Trinajstić information content (AvgIpc) is 3.20. The number of hydrogen-bond donors (Lipinski definition) is 3. The van der Waals surface area contributed by atoms with Crippen LogP contribution in [0.3, 0.4) is 0 Å². The van der Waals surface area contributed by atoms with E-state index in [2.05, 4.69) is 9.71 Å². The normalized spacial score (nSPS) is 18.7. The third-order valence-corrected chi connectivity index (χ3v) is 7.50. The summed E-state index contributed by atoms with van der Waals surface area (Å²) in [7, 11) is 0. The molecule has 42 heavy (non-hydrogen) atoms. The van der Waals surface area contributed by atoms with E-state index in [1.54, 1.807) is 6.92 Å². The minimum atomic E-state index is -5.27. The Labute approximate surface area is 252 Å². The van der Waals surface area contributed by atoms with E-state index in [9.17, 15) is 27.5 Å². The molecule has 3 N–H and O–H groups in total. The zero-order valence-electron chi connectivity index (χ0n) is 24.5. The van der Waals surface area contributed by atoms with E-state index in [0.29, 0.717) is 0 Å². The van der Waals surface area contributed by atoms with Gasteiger partial charge in [0.2, 0.25) is 5.60 Å². The summed E-state index contributed by atoms with van der Waals surface area (Å²) in [6.45, 7) is 12.1. The molecule has 0 saturated heterocycles. The summed E-state index contributed by atoms with van der Waals surface area (Å²) >= 11 is 7.57. The summed E-state index contributed by atoms with van der Waals surface area (Å²) in [6.07, 6.45) is -5.27. The maximum Gasteiger partial charge on any atom is 0.424 e. The minimum absolute atomic E-state index is 0.0448. The highest BCUT2D eigenvalue weighted by atomic mass is 35.5. The van der Waals surface area contributed by atoms with Crippen molar-refractivity contribution in [2.75, 3.05) is 26.4 Å². The van der Waals surface area contributed by atoms with Crippen molar-refractivity contribution >= 4 is 29.5 Å². The Morgan fingerprint density at radius 2 is 1.83 bits per heavy atom. The quantitative estimate of drug-likeness (QED) is 0.128.